The molecule has 1 aromatic rings. The summed E-state index contributed by atoms with van der Waals surface area (Å²) in [6, 6.07) is 6.31. The van der Waals surface area contributed by atoms with Crippen LogP contribution < -0.4 is 11.1 Å². The molecule has 0 bridgehead atoms. The zero-order valence-electron chi connectivity index (χ0n) is 14.1. The summed E-state index contributed by atoms with van der Waals surface area (Å²) in [6.07, 6.45) is 1.23. The fraction of sp³-hybridized carbons (Fsp3) is 0.588. The molecule has 0 unspecified atom stereocenters. The summed E-state index contributed by atoms with van der Waals surface area (Å²) in [5, 5.41) is 3.18. The monoisotopic (exact) mass is 303 g/mol. The molecule has 0 amide bonds. The number of guanidine groups is 1. The van der Waals surface area contributed by atoms with Gasteiger partial charge in [0, 0.05) is 25.3 Å². The number of anilines is 1. The SMILES string of the molecule is Cc1cc(C)cc(NC(N)=NCCN2CCCN(C)CC2)c1. The molecule has 0 saturated carbocycles. The molecule has 1 aliphatic rings. The van der Waals surface area contributed by atoms with E-state index >= 15 is 0 Å². The molecule has 1 aliphatic heterocycles. The largest absolute Gasteiger partial charge is 0.370 e. The molecule has 1 aromatic carbocycles. The molecule has 5 nitrogen and oxygen atoms in total. The highest BCUT2D eigenvalue weighted by molar-refractivity contribution is 5.92. The van der Waals surface area contributed by atoms with Crippen molar-refractivity contribution in [1.29, 1.82) is 0 Å². The summed E-state index contributed by atoms with van der Waals surface area (Å²) < 4.78 is 0. The normalized spacial score (nSPS) is 18.2. The molecule has 0 atom stereocenters. The minimum Gasteiger partial charge on any atom is -0.370 e. The van der Waals surface area contributed by atoms with E-state index < -0.39 is 0 Å². The number of nitrogens with two attached hydrogens (primary N) is 1. The van der Waals surface area contributed by atoms with Gasteiger partial charge in [0.05, 0.1) is 6.54 Å². The van der Waals surface area contributed by atoms with Crippen LogP contribution in [0.15, 0.2) is 23.2 Å². The van der Waals surface area contributed by atoms with Crippen molar-refractivity contribution in [3.05, 3.63) is 29.3 Å². The first kappa shape index (κ1) is 16.8. The fourth-order valence-corrected chi connectivity index (χ4v) is 2.87. The summed E-state index contributed by atoms with van der Waals surface area (Å²) in [5.41, 5.74) is 9.45. The molecule has 0 radical (unpaired) electrons. The van der Waals surface area contributed by atoms with E-state index in [-0.39, 0.29) is 0 Å². The predicted molar refractivity (Wildman–Crippen MR) is 94.6 cm³/mol. The maximum absolute atomic E-state index is 5.99. The van der Waals surface area contributed by atoms with Gasteiger partial charge in [-0.05, 0) is 63.7 Å². The molecule has 2 rings (SSSR count). The number of benzene rings is 1. The summed E-state index contributed by atoms with van der Waals surface area (Å²) in [6.45, 7) is 10.5. The summed E-state index contributed by atoms with van der Waals surface area (Å²) in [4.78, 5) is 9.31. The van der Waals surface area contributed by atoms with Crippen LogP contribution in [0.25, 0.3) is 0 Å². The van der Waals surface area contributed by atoms with Crippen molar-refractivity contribution in [2.24, 2.45) is 10.7 Å². The smallest absolute Gasteiger partial charge is 0.193 e. The number of nitrogens with one attached hydrogen (secondary N) is 1. The highest BCUT2D eigenvalue weighted by Gasteiger charge is 2.11. The van der Waals surface area contributed by atoms with Crippen LogP contribution in [-0.4, -0.2) is 62.1 Å². The number of rotatable bonds is 4. The van der Waals surface area contributed by atoms with Crippen molar-refractivity contribution in [3.63, 3.8) is 0 Å². The second-order valence-corrected chi connectivity index (χ2v) is 6.27. The van der Waals surface area contributed by atoms with Gasteiger partial charge >= 0.3 is 0 Å². The lowest BCUT2D eigenvalue weighted by Gasteiger charge is -2.18. The van der Waals surface area contributed by atoms with Crippen molar-refractivity contribution < 1.29 is 0 Å². The van der Waals surface area contributed by atoms with Gasteiger partial charge in [-0.2, -0.15) is 0 Å². The maximum atomic E-state index is 5.99. The second-order valence-electron chi connectivity index (χ2n) is 6.27. The minimum atomic E-state index is 0.497. The zero-order chi connectivity index (χ0) is 15.9. The van der Waals surface area contributed by atoms with Crippen molar-refractivity contribution in [3.8, 4) is 0 Å². The molecule has 3 N–H and O–H groups in total. The van der Waals surface area contributed by atoms with Gasteiger partial charge in [-0.3, -0.25) is 4.99 Å². The summed E-state index contributed by atoms with van der Waals surface area (Å²) in [7, 11) is 2.19. The Bertz CT molecular complexity index is 492. The molecule has 22 heavy (non-hydrogen) atoms. The number of aliphatic imine (C=N–C) groups is 1. The van der Waals surface area contributed by atoms with Gasteiger partial charge in [0.2, 0.25) is 0 Å². The second kappa shape index (κ2) is 8.15. The average Bonchev–Trinajstić information content (AvgIpc) is 2.62. The third kappa shape index (κ3) is 5.66. The van der Waals surface area contributed by atoms with Crippen LogP contribution in [-0.2, 0) is 0 Å². The molecule has 1 saturated heterocycles. The van der Waals surface area contributed by atoms with Gasteiger partial charge < -0.3 is 20.9 Å². The fourth-order valence-electron chi connectivity index (χ4n) is 2.87. The van der Waals surface area contributed by atoms with Crippen molar-refractivity contribution in [2.75, 3.05) is 51.6 Å². The van der Waals surface area contributed by atoms with Crippen LogP contribution in [0, 0.1) is 13.8 Å². The van der Waals surface area contributed by atoms with Gasteiger partial charge in [0.25, 0.3) is 0 Å². The van der Waals surface area contributed by atoms with E-state index in [1.165, 1.54) is 24.1 Å². The van der Waals surface area contributed by atoms with Crippen LogP contribution in [0.1, 0.15) is 17.5 Å². The molecule has 5 heteroatoms. The van der Waals surface area contributed by atoms with Crippen LogP contribution in [0.4, 0.5) is 5.69 Å². The van der Waals surface area contributed by atoms with Gasteiger partial charge in [-0.15, -0.1) is 0 Å². The highest BCUT2D eigenvalue weighted by Crippen LogP contribution is 2.13. The number of likely N-dealkylation sites (N-methyl/N-ethyl adjacent to an activating group) is 1. The Morgan fingerprint density at radius 1 is 1.14 bits per heavy atom. The topological polar surface area (TPSA) is 56.9 Å². The third-order valence-corrected chi connectivity index (χ3v) is 4.00. The Balaban J connectivity index is 1.79. The quantitative estimate of drug-likeness (QED) is 0.656. The van der Waals surface area contributed by atoms with Crippen LogP contribution >= 0.6 is 0 Å². The molecule has 0 spiro atoms. The van der Waals surface area contributed by atoms with E-state index in [1.54, 1.807) is 0 Å². The highest BCUT2D eigenvalue weighted by atomic mass is 15.2. The molecule has 122 valence electrons. The third-order valence-electron chi connectivity index (χ3n) is 4.00. The Morgan fingerprint density at radius 2 is 1.86 bits per heavy atom. The average molecular weight is 303 g/mol. The first-order valence-electron chi connectivity index (χ1n) is 8.09. The minimum absolute atomic E-state index is 0.497. The van der Waals surface area contributed by atoms with Crippen LogP contribution in [0.3, 0.4) is 0 Å². The van der Waals surface area contributed by atoms with E-state index in [9.17, 15) is 0 Å². The van der Waals surface area contributed by atoms with E-state index in [0.717, 1.165) is 38.4 Å². The summed E-state index contributed by atoms with van der Waals surface area (Å²) in [5.74, 6) is 0.497. The number of hydrogen-bond donors (Lipinski definition) is 2. The van der Waals surface area contributed by atoms with Crippen LogP contribution in [0.2, 0.25) is 0 Å². The number of hydrogen-bond acceptors (Lipinski definition) is 3. The number of aryl methyl sites for hydroxylation is 2. The molecular weight excluding hydrogens is 274 g/mol. The van der Waals surface area contributed by atoms with E-state index in [2.05, 4.69) is 59.2 Å². The van der Waals surface area contributed by atoms with E-state index in [0.29, 0.717) is 5.96 Å². The standard InChI is InChI=1S/C17H29N5/c1-14-11-15(2)13-16(12-14)20-17(18)19-5-8-22-7-4-6-21(3)9-10-22/h11-13H,4-10H2,1-3H3,(H3,18,19,20). The van der Waals surface area contributed by atoms with Crippen LogP contribution in [0.5, 0.6) is 0 Å². The number of nitrogens with zero attached hydrogens (tertiary/aromatic N) is 3. The zero-order valence-corrected chi connectivity index (χ0v) is 14.1. The lowest BCUT2D eigenvalue weighted by molar-refractivity contribution is 0.283. The lowest BCUT2D eigenvalue weighted by Crippen LogP contribution is -2.32. The van der Waals surface area contributed by atoms with E-state index in [1.807, 2.05) is 0 Å². The van der Waals surface area contributed by atoms with Crippen molar-refractivity contribution in [2.45, 2.75) is 20.3 Å². The first-order valence-corrected chi connectivity index (χ1v) is 8.09. The Kier molecular flexibility index (Phi) is 6.21. The maximum Gasteiger partial charge on any atom is 0.193 e. The van der Waals surface area contributed by atoms with Crippen molar-refractivity contribution >= 4 is 11.6 Å². The van der Waals surface area contributed by atoms with Gasteiger partial charge in [-0.1, -0.05) is 6.07 Å². The van der Waals surface area contributed by atoms with Gasteiger partial charge in [0.15, 0.2) is 5.96 Å². The molecule has 0 aliphatic carbocycles. The summed E-state index contributed by atoms with van der Waals surface area (Å²) >= 11 is 0. The van der Waals surface area contributed by atoms with Gasteiger partial charge in [0.1, 0.15) is 0 Å². The van der Waals surface area contributed by atoms with E-state index in [4.69, 9.17) is 5.73 Å². The van der Waals surface area contributed by atoms with Gasteiger partial charge in [-0.25, -0.2) is 0 Å². The Labute approximate surface area is 134 Å². The molecule has 1 heterocycles. The Hall–Kier alpha value is -1.59. The lowest BCUT2D eigenvalue weighted by atomic mass is 10.1. The molecular formula is C17H29N5. The first-order chi connectivity index (χ1) is 10.5. The molecule has 0 aromatic heterocycles. The Morgan fingerprint density at radius 3 is 2.59 bits per heavy atom. The molecule has 1 fully saturated rings. The van der Waals surface area contributed by atoms with Crippen molar-refractivity contribution in [1.82, 2.24) is 9.80 Å². The predicted octanol–water partition coefficient (Wildman–Crippen LogP) is 1.67.